The zero-order valence-corrected chi connectivity index (χ0v) is 19.1. The van der Waals surface area contributed by atoms with Crippen molar-refractivity contribution in [2.24, 2.45) is 5.41 Å². The molecule has 0 unspecified atom stereocenters. The molecule has 3 nitrogen and oxygen atoms in total. The molecule has 0 N–H and O–H groups in total. The number of allylic oxidation sites excluding steroid dienone is 4. The highest BCUT2D eigenvalue weighted by atomic mass is 19.4. The number of rotatable bonds is 5. The minimum Gasteiger partial charge on any atom is -0.492 e. The SMILES string of the molecule is CCOC(=O)/C=C(C)/C=C/C1=CC(C)(C)COc2ccc(-c3ccc(C(F)(F)F)cc3)cc21. The molecule has 33 heavy (non-hydrogen) atoms. The van der Waals surface area contributed by atoms with Crippen LogP contribution in [0, 0.1) is 5.41 Å². The number of halogens is 3. The summed E-state index contributed by atoms with van der Waals surface area (Å²) < 4.78 is 49.8. The lowest BCUT2D eigenvalue weighted by Crippen LogP contribution is -2.17. The van der Waals surface area contributed by atoms with Gasteiger partial charge in [0.25, 0.3) is 0 Å². The Morgan fingerprint density at radius 3 is 2.42 bits per heavy atom. The first-order valence-electron chi connectivity index (χ1n) is 10.7. The highest BCUT2D eigenvalue weighted by Crippen LogP contribution is 2.39. The summed E-state index contributed by atoms with van der Waals surface area (Å²) in [7, 11) is 0. The number of hydrogen-bond donors (Lipinski definition) is 0. The van der Waals surface area contributed by atoms with E-state index in [4.69, 9.17) is 9.47 Å². The van der Waals surface area contributed by atoms with Crippen LogP contribution in [0.4, 0.5) is 13.2 Å². The van der Waals surface area contributed by atoms with E-state index in [2.05, 4.69) is 19.9 Å². The predicted octanol–water partition coefficient (Wildman–Crippen LogP) is 7.24. The molecule has 0 radical (unpaired) electrons. The zero-order valence-electron chi connectivity index (χ0n) is 19.1. The molecule has 0 aromatic heterocycles. The van der Waals surface area contributed by atoms with Gasteiger partial charge < -0.3 is 9.47 Å². The van der Waals surface area contributed by atoms with Crippen molar-refractivity contribution in [3.05, 3.63) is 83.5 Å². The molecule has 6 heteroatoms. The monoisotopic (exact) mass is 456 g/mol. The second-order valence-electron chi connectivity index (χ2n) is 8.64. The number of hydrogen-bond acceptors (Lipinski definition) is 3. The van der Waals surface area contributed by atoms with Gasteiger partial charge in [-0.3, -0.25) is 0 Å². The van der Waals surface area contributed by atoms with Gasteiger partial charge in [-0.25, -0.2) is 4.79 Å². The lowest BCUT2D eigenvalue weighted by atomic mass is 9.89. The minimum atomic E-state index is -4.37. The third kappa shape index (κ3) is 6.37. The lowest BCUT2D eigenvalue weighted by Gasteiger charge is -2.18. The van der Waals surface area contributed by atoms with E-state index in [0.717, 1.165) is 34.4 Å². The molecular formula is C27H27F3O3. The van der Waals surface area contributed by atoms with Gasteiger partial charge in [-0.05, 0) is 60.4 Å². The first-order valence-corrected chi connectivity index (χ1v) is 10.7. The van der Waals surface area contributed by atoms with Crippen LogP contribution in [-0.4, -0.2) is 19.2 Å². The van der Waals surface area contributed by atoms with Gasteiger partial charge in [-0.1, -0.05) is 50.3 Å². The van der Waals surface area contributed by atoms with Gasteiger partial charge in [-0.15, -0.1) is 0 Å². The summed E-state index contributed by atoms with van der Waals surface area (Å²) in [6.45, 7) is 8.47. The molecule has 2 aromatic rings. The summed E-state index contributed by atoms with van der Waals surface area (Å²) in [6.07, 6.45) is 2.90. The molecule has 174 valence electrons. The van der Waals surface area contributed by atoms with Crippen LogP contribution >= 0.6 is 0 Å². The molecule has 1 aliphatic heterocycles. The third-order valence-electron chi connectivity index (χ3n) is 5.14. The zero-order chi connectivity index (χ0) is 24.2. The third-order valence-corrected chi connectivity index (χ3v) is 5.14. The van der Waals surface area contributed by atoms with Gasteiger partial charge in [0.15, 0.2) is 0 Å². The second kappa shape index (κ2) is 9.69. The highest BCUT2D eigenvalue weighted by molar-refractivity contribution is 5.85. The molecule has 1 aliphatic rings. The van der Waals surface area contributed by atoms with Gasteiger partial charge in [0.2, 0.25) is 0 Å². The maximum Gasteiger partial charge on any atom is 0.416 e. The topological polar surface area (TPSA) is 35.5 Å². The van der Waals surface area contributed by atoms with E-state index in [-0.39, 0.29) is 5.41 Å². The first-order chi connectivity index (χ1) is 15.5. The fourth-order valence-corrected chi connectivity index (χ4v) is 3.49. The van der Waals surface area contributed by atoms with Crippen LogP contribution in [0.15, 0.2) is 72.3 Å². The Kier molecular flexibility index (Phi) is 7.15. The Bertz CT molecular complexity index is 1100. The average Bonchev–Trinajstić information content (AvgIpc) is 2.87. The molecular weight excluding hydrogens is 429 g/mol. The van der Waals surface area contributed by atoms with E-state index in [0.29, 0.717) is 24.5 Å². The van der Waals surface area contributed by atoms with Crippen molar-refractivity contribution < 1.29 is 27.4 Å². The predicted molar refractivity (Wildman–Crippen MR) is 124 cm³/mol. The Morgan fingerprint density at radius 1 is 1.12 bits per heavy atom. The van der Waals surface area contributed by atoms with E-state index in [1.165, 1.54) is 18.2 Å². The smallest absolute Gasteiger partial charge is 0.416 e. The lowest BCUT2D eigenvalue weighted by molar-refractivity contribution is -0.138. The van der Waals surface area contributed by atoms with Gasteiger partial charge in [0.05, 0.1) is 18.8 Å². The van der Waals surface area contributed by atoms with Gasteiger partial charge in [-0.2, -0.15) is 13.2 Å². The van der Waals surface area contributed by atoms with Crippen molar-refractivity contribution in [3.63, 3.8) is 0 Å². The van der Waals surface area contributed by atoms with Crippen molar-refractivity contribution in [3.8, 4) is 16.9 Å². The molecule has 0 aliphatic carbocycles. The Labute approximate surface area is 192 Å². The maximum absolute atomic E-state index is 12.9. The summed E-state index contributed by atoms with van der Waals surface area (Å²) in [4.78, 5) is 11.7. The normalized spacial score (nSPS) is 16.0. The number of benzene rings is 2. The number of carbonyl (C=O) groups is 1. The Hall–Kier alpha value is -3.28. The molecule has 0 saturated carbocycles. The second-order valence-corrected chi connectivity index (χ2v) is 8.64. The van der Waals surface area contributed by atoms with Crippen molar-refractivity contribution in [1.82, 2.24) is 0 Å². The summed E-state index contributed by atoms with van der Waals surface area (Å²) >= 11 is 0. The average molecular weight is 457 g/mol. The summed E-state index contributed by atoms with van der Waals surface area (Å²) in [6, 6.07) is 10.7. The molecule has 0 saturated heterocycles. The van der Waals surface area contributed by atoms with Crippen molar-refractivity contribution in [2.75, 3.05) is 13.2 Å². The number of esters is 1. The fraction of sp³-hybridized carbons (Fsp3) is 0.296. The molecule has 1 heterocycles. The Balaban J connectivity index is 1.99. The van der Waals surface area contributed by atoms with E-state index >= 15 is 0 Å². The number of ether oxygens (including phenoxy) is 2. The van der Waals surface area contributed by atoms with Gasteiger partial charge >= 0.3 is 12.1 Å². The molecule has 0 bridgehead atoms. The Morgan fingerprint density at radius 2 is 1.79 bits per heavy atom. The standard InChI is InChI=1S/C27H27F3O3/c1-5-32-25(31)14-18(2)6-7-21-16-26(3,4)17-33-24-13-10-20(15-23(21)24)19-8-11-22(12-9-19)27(28,29)30/h6-16H,5,17H2,1-4H3/b7-6+,18-14+. The van der Waals surface area contributed by atoms with Crippen LogP contribution in [0.3, 0.4) is 0 Å². The molecule has 0 amide bonds. The van der Waals surface area contributed by atoms with Crippen LogP contribution < -0.4 is 4.74 Å². The number of alkyl halides is 3. The van der Waals surface area contributed by atoms with Crippen LogP contribution in [0.2, 0.25) is 0 Å². The van der Waals surface area contributed by atoms with Crippen LogP contribution in [-0.2, 0) is 15.7 Å². The first kappa shape index (κ1) is 24.4. The summed E-state index contributed by atoms with van der Waals surface area (Å²) in [5.74, 6) is 0.294. The van der Waals surface area contributed by atoms with Crippen LogP contribution in [0.25, 0.3) is 16.7 Å². The minimum absolute atomic E-state index is 0.244. The van der Waals surface area contributed by atoms with Gasteiger partial charge in [0.1, 0.15) is 5.75 Å². The van der Waals surface area contributed by atoms with Crippen molar-refractivity contribution in [2.45, 2.75) is 33.9 Å². The maximum atomic E-state index is 12.9. The fourth-order valence-electron chi connectivity index (χ4n) is 3.49. The molecule has 0 fully saturated rings. The van der Waals surface area contributed by atoms with Crippen molar-refractivity contribution in [1.29, 1.82) is 0 Å². The van der Waals surface area contributed by atoms with E-state index < -0.39 is 17.7 Å². The van der Waals surface area contributed by atoms with Crippen molar-refractivity contribution >= 4 is 11.5 Å². The quantitative estimate of drug-likeness (QED) is 0.270. The summed E-state index contributed by atoms with van der Waals surface area (Å²) in [5, 5.41) is 0. The largest absolute Gasteiger partial charge is 0.492 e. The van der Waals surface area contributed by atoms with Crippen LogP contribution in [0.5, 0.6) is 5.75 Å². The van der Waals surface area contributed by atoms with E-state index in [1.807, 2.05) is 37.3 Å². The number of carbonyl (C=O) groups excluding carboxylic acids is 1. The van der Waals surface area contributed by atoms with E-state index in [1.54, 1.807) is 6.92 Å². The molecule has 3 rings (SSSR count). The van der Waals surface area contributed by atoms with E-state index in [9.17, 15) is 18.0 Å². The van der Waals surface area contributed by atoms with Gasteiger partial charge in [0, 0.05) is 17.1 Å². The summed E-state index contributed by atoms with van der Waals surface area (Å²) in [5.41, 5.74) is 3.00. The van der Waals surface area contributed by atoms with Crippen LogP contribution in [0.1, 0.15) is 38.8 Å². The highest BCUT2D eigenvalue weighted by Gasteiger charge is 2.30. The molecule has 2 aromatic carbocycles. The molecule has 0 atom stereocenters. The number of fused-ring (bicyclic) bond motifs is 1. The molecule has 0 spiro atoms.